The van der Waals surface area contributed by atoms with Crippen molar-refractivity contribution >= 4 is 29.7 Å². The maximum absolute atomic E-state index is 13.6. The van der Waals surface area contributed by atoms with E-state index in [0.717, 1.165) is 57.7 Å². The summed E-state index contributed by atoms with van der Waals surface area (Å²) in [5.74, 6) is 1.39. The van der Waals surface area contributed by atoms with E-state index in [0.29, 0.717) is 5.02 Å². The zero-order chi connectivity index (χ0) is 28.6. The number of carbonyl (C=O) groups is 2. The van der Waals surface area contributed by atoms with E-state index in [1.54, 1.807) is 18.1 Å². The van der Waals surface area contributed by atoms with Crippen LogP contribution in [0.15, 0.2) is 78.9 Å². The highest BCUT2D eigenvalue weighted by Crippen LogP contribution is 2.67. The molecular formula is C33H30ClNO5. The fourth-order valence-electron chi connectivity index (χ4n) is 5.98. The summed E-state index contributed by atoms with van der Waals surface area (Å²) in [6, 6.07) is 25.7. The van der Waals surface area contributed by atoms with Gasteiger partial charge in [-0.25, -0.2) is 0 Å². The van der Waals surface area contributed by atoms with Crippen molar-refractivity contribution in [3.8, 4) is 33.8 Å². The molecule has 1 amide bonds. The number of rotatable bonds is 5. The zero-order valence-corrected chi connectivity index (χ0v) is 23.3. The van der Waals surface area contributed by atoms with E-state index in [1.807, 2.05) is 61.6 Å². The Morgan fingerprint density at radius 1 is 1.02 bits per heavy atom. The van der Waals surface area contributed by atoms with Crippen LogP contribution < -0.4 is 9.64 Å². The first-order chi connectivity index (χ1) is 19.3. The summed E-state index contributed by atoms with van der Waals surface area (Å²) in [5, 5.41) is 17.7. The van der Waals surface area contributed by atoms with Crippen molar-refractivity contribution in [1.29, 1.82) is 0 Å². The van der Waals surface area contributed by atoms with E-state index in [4.69, 9.17) is 26.2 Å². The first-order valence-corrected chi connectivity index (χ1v) is 13.4. The topological polar surface area (TPSA) is 87.1 Å². The highest BCUT2D eigenvalue weighted by Gasteiger charge is 2.66. The number of benzene rings is 4. The van der Waals surface area contributed by atoms with Gasteiger partial charge in [0.25, 0.3) is 6.47 Å². The van der Waals surface area contributed by atoms with Gasteiger partial charge in [0.2, 0.25) is 5.91 Å². The Hall–Kier alpha value is -4.29. The van der Waals surface area contributed by atoms with Crippen LogP contribution in [0.4, 0.5) is 5.69 Å². The number of para-hydroxylation sites is 1. The Kier molecular flexibility index (Phi) is 7.30. The monoisotopic (exact) mass is 555 g/mol. The van der Waals surface area contributed by atoms with Gasteiger partial charge in [0, 0.05) is 29.8 Å². The van der Waals surface area contributed by atoms with Crippen molar-refractivity contribution in [3.05, 3.63) is 101 Å². The van der Waals surface area contributed by atoms with Crippen molar-refractivity contribution in [2.75, 3.05) is 19.1 Å². The van der Waals surface area contributed by atoms with Crippen LogP contribution in [0.3, 0.4) is 0 Å². The van der Waals surface area contributed by atoms with Gasteiger partial charge < -0.3 is 19.8 Å². The second-order valence-corrected chi connectivity index (χ2v) is 10.5. The van der Waals surface area contributed by atoms with Crippen LogP contribution in [0.2, 0.25) is 5.02 Å². The zero-order valence-electron chi connectivity index (χ0n) is 22.5. The second-order valence-electron chi connectivity index (χ2n) is 10.1. The van der Waals surface area contributed by atoms with E-state index in [2.05, 4.69) is 25.1 Å². The van der Waals surface area contributed by atoms with Crippen LogP contribution in [-0.2, 0) is 21.4 Å². The molecule has 1 heterocycles. The minimum Gasteiger partial charge on any atom is -0.507 e. The molecule has 4 aromatic carbocycles. The summed E-state index contributed by atoms with van der Waals surface area (Å²) in [5.41, 5.74) is 7.29. The maximum atomic E-state index is 13.6. The smallest absolute Gasteiger partial charge is 0.290 e. The summed E-state index contributed by atoms with van der Waals surface area (Å²) in [6.45, 7) is 1.87. The molecule has 2 aliphatic rings. The Morgan fingerprint density at radius 2 is 1.68 bits per heavy atom. The second kappa shape index (κ2) is 10.7. The lowest BCUT2D eigenvalue weighted by atomic mass is 9.89. The molecule has 7 heteroatoms. The van der Waals surface area contributed by atoms with E-state index in [-0.39, 0.29) is 24.0 Å². The minimum atomic E-state index is -0.557. The fourth-order valence-corrected chi connectivity index (χ4v) is 6.25. The molecule has 2 N–H and O–H groups in total. The number of likely N-dealkylation sites (N-methyl/N-ethyl adjacent to an activating group) is 1. The third kappa shape index (κ3) is 4.38. The number of amides is 1. The number of carbonyl (C=O) groups excluding carboxylic acids is 1. The summed E-state index contributed by atoms with van der Waals surface area (Å²) < 4.78 is 5.52. The Labute approximate surface area is 238 Å². The highest BCUT2D eigenvalue weighted by molar-refractivity contribution is 6.34. The lowest BCUT2D eigenvalue weighted by Crippen LogP contribution is -2.29. The molecule has 6 nitrogen and oxygen atoms in total. The van der Waals surface area contributed by atoms with Gasteiger partial charge in [0.1, 0.15) is 11.5 Å². The summed E-state index contributed by atoms with van der Waals surface area (Å²) >= 11 is 6.79. The van der Waals surface area contributed by atoms with Gasteiger partial charge in [-0.1, -0.05) is 73.1 Å². The van der Waals surface area contributed by atoms with Gasteiger partial charge in [0.05, 0.1) is 17.5 Å². The van der Waals surface area contributed by atoms with Gasteiger partial charge in [0.15, 0.2) is 0 Å². The summed E-state index contributed by atoms with van der Waals surface area (Å²) in [7, 11) is 3.53. The quantitative estimate of drug-likeness (QED) is 0.258. The third-order valence-corrected chi connectivity index (χ3v) is 8.39. The number of ether oxygens (including phenoxy) is 1. The van der Waals surface area contributed by atoms with Crippen LogP contribution in [0.5, 0.6) is 11.5 Å². The molecule has 0 saturated heterocycles. The number of aromatic hydroxyl groups is 1. The van der Waals surface area contributed by atoms with Crippen molar-refractivity contribution in [1.82, 2.24) is 0 Å². The molecule has 1 aliphatic heterocycles. The molecule has 2 unspecified atom stereocenters. The number of phenolic OH excluding ortho intramolecular Hbond substituents is 1. The molecule has 0 radical (unpaired) electrons. The van der Waals surface area contributed by atoms with Crippen LogP contribution in [0.1, 0.15) is 36.0 Å². The molecule has 0 aromatic heterocycles. The normalized spacial score (nSPS) is 18.6. The lowest BCUT2D eigenvalue weighted by molar-refractivity contribution is -0.123. The van der Waals surface area contributed by atoms with Crippen molar-refractivity contribution in [2.24, 2.45) is 0 Å². The van der Waals surface area contributed by atoms with Gasteiger partial charge in [-0.15, -0.1) is 0 Å². The first kappa shape index (κ1) is 27.3. The van der Waals surface area contributed by atoms with Gasteiger partial charge in [-0.05, 0) is 64.9 Å². The van der Waals surface area contributed by atoms with Crippen LogP contribution >= 0.6 is 11.6 Å². The number of fused-ring (bicyclic) bond motifs is 2. The van der Waals surface area contributed by atoms with Crippen LogP contribution in [-0.4, -0.2) is 36.7 Å². The fraction of sp³-hybridized carbons (Fsp3) is 0.212. The molecular weight excluding hydrogens is 526 g/mol. The number of anilines is 1. The van der Waals surface area contributed by atoms with E-state index >= 15 is 0 Å². The van der Waals surface area contributed by atoms with Crippen molar-refractivity contribution in [2.45, 2.75) is 31.1 Å². The van der Waals surface area contributed by atoms with Crippen LogP contribution in [0.25, 0.3) is 22.3 Å². The predicted octanol–water partition coefficient (Wildman–Crippen LogP) is 7.05. The molecule has 40 heavy (non-hydrogen) atoms. The number of methoxy groups -OCH3 is 1. The molecule has 2 atom stereocenters. The molecule has 4 aromatic rings. The number of hydrogen-bond donors (Lipinski definition) is 2. The largest absolute Gasteiger partial charge is 0.507 e. The van der Waals surface area contributed by atoms with Crippen LogP contribution in [0, 0.1) is 0 Å². The van der Waals surface area contributed by atoms with E-state index in [1.165, 1.54) is 5.56 Å². The third-order valence-electron chi connectivity index (χ3n) is 8.07. The van der Waals surface area contributed by atoms with Crippen molar-refractivity contribution in [3.63, 3.8) is 0 Å². The molecule has 1 saturated carbocycles. The lowest BCUT2D eigenvalue weighted by Gasteiger charge is -2.14. The molecule has 204 valence electrons. The van der Waals surface area contributed by atoms with Crippen molar-refractivity contribution < 1.29 is 24.5 Å². The van der Waals surface area contributed by atoms with Gasteiger partial charge in [-0.3, -0.25) is 9.59 Å². The number of hydrogen-bond acceptors (Lipinski definition) is 4. The number of aryl methyl sites for hydroxylation is 1. The highest BCUT2D eigenvalue weighted by atomic mass is 35.5. The Balaban J connectivity index is 0.00000103. The maximum Gasteiger partial charge on any atom is 0.290 e. The molecule has 1 fully saturated rings. The average molecular weight is 556 g/mol. The minimum absolute atomic E-state index is 0.123. The first-order valence-electron chi connectivity index (χ1n) is 13.1. The number of nitrogens with zero attached hydrogens (tertiary/aromatic N) is 1. The van der Waals surface area contributed by atoms with E-state index in [9.17, 15) is 9.90 Å². The van der Waals surface area contributed by atoms with Gasteiger partial charge in [-0.2, -0.15) is 0 Å². The van der Waals surface area contributed by atoms with E-state index < -0.39 is 5.41 Å². The SMILES string of the molecule is CCc1cc(C2CC23C(=O)N(C)c2cc(Cl)c(-c4ccc(-c5ccccc5O)cc4)cc23)ccc1OC.O=CO. The molecule has 6 rings (SSSR count). The Bertz CT molecular complexity index is 1600. The Morgan fingerprint density at radius 3 is 2.30 bits per heavy atom. The average Bonchev–Trinajstić information content (AvgIpc) is 3.69. The number of phenols is 1. The molecule has 0 bridgehead atoms. The standard InChI is InChI=1S/C32H28ClNO3.CH2O2/c1-4-19-15-22(13-14-30(19)37-3)26-18-32(26)25-16-24(27(33)17-28(25)34(2)31(32)36)21-11-9-20(10-12-21)23-7-5-6-8-29(23)35;2-1-3/h5-17,26,35H,4,18H2,1-3H3;1H,(H,2,3). The summed E-state index contributed by atoms with van der Waals surface area (Å²) in [6.07, 6.45) is 1.66. The summed E-state index contributed by atoms with van der Waals surface area (Å²) in [4.78, 5) is 23.8. The van der Waals surface area contributed by atoms with Gasteiger partial charge >= 0.3 is 0 Å². The molecule has 1 spiro atoms. The number of carboxylic acid groups (broad SMARTS) is 1. The molecule has 1 aliphatic carbocycles. The number of halogens is 1. The predicted molar refractivity (Wildman–Crippen MR) is 157 cm³/mol.